The lowest BCUT2D eigenvalue weighted by Gasteiger charge is -2.07. The van der Waals surface area contributed by atoms with E-state index in [0.29, 0.717) is 25.1 Å². The standard InChI is InChI=1S/C11H13ClN4O2/c1-8-9(12)14-11(18)16(10(8)17)5-2-4-15-6-3-13-7-15/h3,6-7H,2,4-5H2,1H3,(H,14,18). The maximum absolute atomic E-state index is 11.8. The molecule has 0 fully saturated rings. The van der Waals surface area contributed by atoms with Crippen LogP contribution in [0.3, 0.4) is 0 Å². The average molecular weight is 269 g/mol. The fourth-order valence-corrected chi connectivity index (χ4v) is 1.84. The number of hydrogen-bond acceptors (Lipinski definition) is 3. The summed E-state index contributed by atoms with van der Waals surface area (Å²) in [5.41, 5.74) is -0.450. The SMILES string of the molecule is Cc1c(Cl)[nH]c(=O)n(CCCn2ccnc2)c1=O. The van der Waals surface area contributed by atoms with Crippen LogP contribution in [-0.2, 0) is 13.1 Å². The minimum atomic E-state index is -0.471. The largest absolute Gasteiger partial charge is 0.337 e. The topological polar surface area (TPSA) is 72.7 Å². The van der Waals surface area contributed by atoms with E-state index in [1.165, 1.54) is 0 Å². The number of aromatic nitrogens is 4. The van der Waals surface area contributed by atoms with Crippen molar-refractivity contribution in [2.75, 3.05) is 0 Å². The van der Waals surface area contributed by atoms with E-state index in [1.54, 1.807) is 19.4 Å². The lowest BCUT2D eigenvalue weighted by molar-refractivity contribution is 0.533. The van der Waals surface area contributed by atoms with Crippen LogP contribution in [0.15, 0.2) is 28.3 Å². The molecule has 0 aromatic carbocycles. The van der Waals surface area contributed by atoms with Gasteiger partial charge in [-0.15, -0.1) is 0 Å². The number of hydrogen-bond donors (Lipinski definition) is 1. The third-order valence-electron chi connectivity index (χ3n) is 2.71. The third-order valence-corrected chi connectivity index (χ3v) is 3.09. The molecular formula is C11H13ClN4O2. The van der Waals surface area contributed by atoms with Crippen molar-refractivity contribution < 1.29 is 0 Å². The fourth-order valence-electron chi connectivity index (χ4n) is 1.68. The molecule has 0 radical (unpaired) electrons. The van der Waals surface area contributed by atoms with Crippen molar-refractivity contribution in [2.24, 2.45) is 0 Å². The van der Waals surface area contributed by atoms with E-state index in [4.69, 9.17) is 11.6 Å². The van der Waals surface area contributed by atoms with Crippen molar-refractivity contribution in [1.82, 2.24) is 19.1 Å². The van der Waals surface area contributed by atoms with E-state index >= 15 is 0 Å². The smallest absolute Gasteiger partial charge is 0.329 e. The summed E-state index contributed by atoms with van der Waals surface area (Å²) < 4.78 is 3.06. The lowest BCUT2D eigenvalue weighted by atomic mass is 10.3. The Labute approximate surface area is 108 Å². The number of rotatable bonds is 4. The van der Waals surface area contributed by atoms with Crippen LogP contribution < -0.4 is 11.2 Å². The Kier molecular flexibility index (Phi) is 3.66. The predicted molar refractivity (Wildman–Crippen MR) is 67.9 cm³/mol. The lowest BCUT2D eigenvalue weighted by Crippen LogP contribution is -2.36. The molecule has 2 rings (SSSR count). The molecule has 0 spiro atoms. The molecule has 0 saturated heterocycles. The molecule has 96 valence electrons. The molecule has 0 aliphatic rings. The highest BCUT2D eigenvalue weighted by Crippen LogP contribution is 2.03. The van der Waals surface area contributed by atoms with Gasteiger partial charge in [0.15, 0.2) is 0 Å². The van der Waals surface area contributed by atoms with Gasteiger partial charge in [-0.25, -0.2) is 9.78 Å². The second-order valence-corrected chi connectivity index (χ2v) is 4.36. The van der Waals surface area contributed by atoms with Gasteiger partial charge in [0.1, 0.15) is 5.15 Å². The first-order valence-corrected chi connectivity index (χ1v) is 5.92. The van der Waals surface area contributed by atoms with Crippen molar-refractivity contribution in [2.45, 2.75) is 26.4 Å². The number of aromatic amines is 1. The van der Waals surface area contributed by atoms with Crippen LogP contribution in [0.5, 0.6) is 0 Å². The molecule has 18 heavy (non-hydrogen) atoms. The van der Waals surface area contributed by atoms with Crippen LogP contribution in [0.4, 0.5) is 0 Å². The number of halogens is 1. The highest BCUT2D eigenvalue weighted by molar-refractivity contribution is 6.30. The molecule has 0 aliphatic carbocycles. The molecule has 0 aliphatic heterocycles. The molecule has 1 N–H and O–H groups in total. The number of imidazole rings is 1. The Morgan fingerprint density at radius 3 is 2.83 bits per heavy atom. The minimum Gasteiger partial charge on any atom is -0.337 e. The van der Waals surface area contributed by atoms with Crippen LogP contribution in [0.1, 0.15) is 12.0 Å². The van der Waals surface area contributed by atoms with Gasteiger partial charge in [0.2, 0.25) is 0 Å². The minimum absolute atomic E-state index is 0.107. The molecule has 0 unspecified atom stereocenters. The average Bonchev–Trinajstić information content (AvgIpc) is 2.84. The molecular weight excluding hydrogens is 256 g/mol. The van der Waals surface area contributed by atoms with Gasteiger partial charge in [0.05, 0.1) is 6.33 Å². The molecule has 2 aromatic heterocycles. The van der Waals surface area contributed by atoms with Gasteiger partial charge in [0.25, 0.3) is 5.56 Å². The highest BCUT2D eigenvalue weighted by Gasteiger charge is 2.08. The zero-order valence-corrected chi connectivity index (χ0v) is 10.6. The van der Waals surface area contributed by atoms with Crippen LogP contribution >= 0.6 is 11.6 Å². The second kappa shape index (κ2) is 5.22. The Morgan fingerprint density at radius 1 is 1.39 bits per heavy atom. The maximum atomic E-state index is 11.8. The van der Waals surface area contributed by atoms with E-state index in [1.807, 2.05) is 10.8 Å². The van der Waals surface area contributed by atoms with Gasteiger partial charge in [0, 0.05) is 31.0 Å². The van der Waals surface area contributed by atoms with Gasteiger partial charge in [-0.1, -0.05) is 11.6 Å². The number of aryl methyl sites for hydroxylation is 1. The van der Waals surface area contributed by atoms with E-state index in [0.717, 1.165) is 4.57 Å². The van der Waals surface area contributed by atoms with Gasteiger partial charge >= 0.3 is 5.69 Å². The van der Waals surface area contributed by atoms with Crippen molar-refractivity contribution in [1.29, 1.82) is 0 Å². The van der Waals surface area contributed by atoms with Crippen molar-refractivity contribution in [3.63, 3.8) is 0 Å². The molecule has 2 heterocycles. The Bertz CT molecular complexity index is 642. The Morgan fingerprint density at radius 2 is 2.17 bits per heavy atom. The van der Waals surface area contributed by atoms with Gasteiger partial charge in [-0.3, -0.25) is 14.3 Å². The second-order valence-electron chi connectivity index (χ2n) is 3.98. The molecule has 0 saturated carbocycles. The molecule has 7 heteroatoms. The van der Waals surface area contributed by atoms with Crippen LogP contribution in [-0.4, -0.2) is 19.1 Å². The summed E-state index contributed by atoms with van der Waals surface area (Å²) in [4.78, 5) is 29.8. The first-order valence-electron chi connectivity index (χ1n) is 5.54. The number of nitrogens with zero attached hydrogens (tertiary/aromatic N) is 3. The van der Waals surface area contributed by atoms with Crippen molar-refractivity contribution in [3.8, 4) is 0 Å². The van der Waals surface area contributed by atoms with Crippen LogP contribution in [0.2, 0.25) is 5.15 Å². The Hall–Kier alpha value is -1.82. The fraction of sp³-hybridized carbons (Fsp3) is 0.364. The summed E-state index contributed by atoms with van der Waals surface area (Å²) in [6, 6.07) is 0. The van der Waals surface area contributed by atoms with Gasteiger partial charge in [-0.2, -0.15) is 0 Å². The van der Waals surface area contributed by atoms with E-state index in [2.05, 4.69) is 9.97 Å². The monoisotopic (exact) mass is 268 g/mol. The maximum Gasteiger partial charge on any atom is 0.329 e. The van der Waals surface area contributed by atoms with Crippen LogP contribution in [0.25, 0.3) is 0 Å². The van der Waals surface area contributed by atoms with Crippen LogP contribution in [0, 0.1) is 6.92 Å². The summed E-state index contributed by atoms with van der Waals surface area (Å²) in [5, 5.41) is 0.107. The van der Waals surface area contributed by atoms with Crippen molar-refractivity contribution in [3.05, 3.63) is 50.3 Å². The zero-order valence-electron chi connectivity index (χ0n) is 9.89. The zero-order chi connectivity index (χ0) is 13.1. The first-order chi connectivity index (χ1) is 8.59. The molecule has 0 amide bonds. The first kappa shape index (κ1) is 12.6. The van der Waals surface area contributed by atoms with Gasteiger partial charge < -0.3 is 4.57 Å². The van der Waals surface area contributed by atoms with E-state index in [-0.39, 0.29) is 10.7 Å². The van der Waals surface area contributed by atoms with Gasteiger partial charge in [-0.05, 0) is 13.3 Å². The summed E-state index contributed by atoms with van der Waals surface area (Å²) in [6.07, 6.45) is 5.88. The Balaban J connectivity index is 2.13. The summed E-state index contributed by atoms with van der Waals surface area (Å²) in [7, 11) is 0. The molecule has 6 nitrogen and oxygen atoms in total. The quantitative estimate of drug-likeness (QED) is 0.833. The van der Waals surface area contributed by atoms with E-state index < -0.39 is 5.69 Å². The van der Waals surface area contributed by atoms with E-state index in [9.17, 15) is 9.59 Å². The normalized spacial score (nSPS) is 10.8. The molecule has 2 aromatic rings. The predicted octanol–water partition coefficient (Wildman–Crippen LogP) is 0.785. The summed E-state index contributed by atoms with van der Waals surface area (Å²) in [5.74, 6) is 0. The molecule has 0 atom stereocenters. The third kappa shape index (κ3) is 2.53. The summed E-state index contributed by atoms with van der Waals surface area (Å²) >= 11 is 5.73. The highest BCUT2D eigenvalue weighted by atomic mass is 35.5. The molecule has 0 bridgehead atoms. The van der Waals surface area contributed by atoms with Crippen molar-refractivity contribution >= 4 is 11.6 Å². The number of H-pyrrole nitrogens is 1. The number of nitrogens with one attached hydrogen (secondary N) is 1. The summed E-state index contributed by atoms with van der Waals surface area (Å²) in [6.45, 7) is 2.64.